The Kier molecular flexibility index (Phi) is 5.56. The first-order valence-corrected chi connectivity index (χ1v) is 8.90. The number of benzene rings is 2. The summed E-state index contributed by atoms with van der Waals surface area (Å²) in [6.45, 7) is 2.12. The van der Waals surface area contributed by atoms with E-state index in [1.165, 1.54) is 7.11 Å². The quantitative estimate of drug-likeness (QED) is 0.848. The number of methoxy groups -OCH3 is 2. The Labute approximate surface area is 163 Å². The zero-order chi connectivity index (χ0) is 19.6. The molecule has 1 atom stereocenters. The summed E-state index contributed by atoms with van der Waals surface area (Å²) < 4.78 is 10.6. The van der Waals surface area contributed by atoms with Gasteiger partial charge in [-0.15, -0.1) is 0 Å². The van der Waals surface area contributed by atoms with E-state index < -0.39 is 5.92 Å². The highest BCUT2D eigenvalue weighted by molar-refractivity contribution is 6.31. The van der Waals surface area contributed by atoms with Gasteiger partial charge in [0.25, 0.3) is 0 Å². The minimum absolute atomic E-state index is 0.124. The summed E-state index contributed by atoms with van der Waals surface area (Å²) in [5.41, 5.74) is 2.07. The molecular formula is C20H21ClN2O4. The minimum Gasteiger partial charge on any atom is -0.497 e. The number of halogens is 1. The molecule has 7 heteroatoms. The average Bonchev–Trinajstić information content (AvgIpc) is 3.06. The lowest BCUT2D eigenvalue weighted by atomic mass is 10.1. The molecule has 1 saturated heterocycles. The van der Waals surface area contributed by atoms with Crippen LogP contribution in [0.25, 0.3) is 0 Å². The highest BCUT2D eigenvalue weighted by Gasteiger charge is 2.36. The predicted molar refractivity (Wildman–Crippen MR) is 105 cm³/mol. The smallest absolute Gasteiger partial charge is 0.229 e. The molecule has 6 nitrogen and oxygen atoms in total. The van der Waals surface area contributed by atoms with E-state index in [2.05, 4.69) is 5.32 Å². The number of hydrogen-bond acceptors (Lipinski definition) is 4. The van der Waals surface area contributed by atoms with E-state index in [0.717, 1.165) is 5.56 Å². The number of carbonyl (C=O) groups is 2. The van der Waals surface area contributed by atoms with Crippen molar-refractivity contribution in [3.05, 3.63) is 47.0 Å². The van der Waals surface area contributed by atoms with Crippen LogP contribution in [0.15, 0.2) is 36.4 Å². The van der Waals surface area contributed by atoms with Crippen molar-refractivity contribution < 1.29 is 19.1 Å². The van der Waals surface area contributed by atoms with Crippen LogP contribution in [0.5, 0.6) is 11.5 Å². The van der Waals surface area contributed by atoms with Crippen LogP contribution in [0, 0.1) is 12.8 Å². The van der Waals surface area contributed by atoms with Gasteiger partial charge in [0.1, 0.15) is 11.5 Å². The number of rotatable bonds is 5. The molecule has 0 radical (unpaired) electrons. The van der Waals surface area contributed by atoms with Gasteiger partial charge >= 0.3 is 0 Å². The maximum absolute atomic E-state index is 12.7. The molecule has 1 N–H and O–H groups in total. The van der Waals surface area contributed by atoms with Gasteiger partial charge in [-0.1, -0.05) is 17.7 Å². The largest absolute Gasteiger partial charge is 0.497 e. The summed E-state index contributed by atoms with van der Waals surface area (Å²) in [6.07, 6.45) is 0.140. The van der Waals surface area contributed by atoms with E-state index in [-0.39, 0.29) is 24.8 Å². The normalized spacial score (nSPS) is 16.4. The molecular weight excluding hydrogens is 368 g/mol. The van der Waals surface area contributed by atoms with Crippen LogP contribution in [0.2, 0.25) is 5.02 Å². The molecule has 2 amide bonds. The summed E-state index contributed by atoms with van der Waals surface area (Å²) in [5, 5.41) is 3.46. The summed E-state index contributed by atoms with van der Waals surface area (Å²) in [7, 11) is 3.10. The second-order valence-corrected chi connectivity index (χ2v) is 6.75. The highest BCUT2D eigenvalue weighted by atomic mass is 35.5. The maximum Gasteiger partial charge on any atom is 0.229 e. The second-order valence-electron chi connectivity index (χ2n) is 6.34. The number of carbonyl (C=O) groups excluding carboxylic acids is 2. The van der Waals surface area contributed by atoms with Gasteiger partial charge in [-0.05, 0) is 36.8 Å². The molecule has 1 aliphatic rings. The number of nitrogens with one attached hydrogen (secondary N) is 1. The van der Waals surface area contributed by atoms with Crippen molar-refractivity contribution in [2.75, 3.05) is 31.0 Å². The Morgan fingerprint density at radius 2 is 2.00 bits per heavy atom. The zero-order valence-corrected chi connectivity index (χ0v) is 16.2. The zero-order valence-electron chi connectivity index (χ0n) is 15.4. The highest BCUT2D eigenvalue weighted by Crippen LogP contribution is 2.36. The lowest BCUT2D eigenvalue weighted by Gasteiger charge is -2.20. The molecule has 0 aromatic heterocycles. The summed E-state index contributed by atoms with van der Waals surface area (Å²) in [6, 6.07) is 10.6. The first-order valence-electron chi connectivity index (χ1n) is 8.53. The van der Waals surface area contributed by atoms with E-state index in [9.17, 15) is 9.59 Å². The fourth-order valence-corrected chi connectivity index (χ4v) is 3.28. The molecule has 27 heavy (non-hydrogen) atoms. The van der Waals surface area contributed by atoms with Crippen LogP contribution < -0.4 is 19.7 Å². The molecule has 1 fully saturated rings. The Bertz CT molecular complexity index is 884. The van der Waals surface area contributed by atoms with Crippen molar-refractivity contribution in [3.63, 3.8) is 0 Å². The molecule has 0 aliphatic carbocycles. The predicted octanol–water partition coefficient (Wildman–Crippen LogP) is 3.66. The Hall–Kier alpha value is -2.73. The maximum atomic E-state index is 12.7. The fraction of sp³-hybridized carbons (Fsp3) is 0.300. The van der Waals surface area contributed by atoms with Gasteiger partial charge in [-0.3, -0.25) is 9.59 Å². The van der Waals surface area contributed by atoms with Crippen LogP contribution in [0.4, 0.5) is 11.4 Å². The van der Waals surface area contributed by atoms with E-state index in [1.807, 2.05) is 6.92 Å². The van der Waals surface area contributed by atoms with Crippen LogP contribution in [-0.2, 0) is 9.59 Å². The van der Waals surface area contributed by atoms with Crippen LogP contribution >= 0.6 is 11.6 Å². The third-order valence-corrected chi connectivity index (χ3v) is 5.11. The van der Waals surface area contributed by atoms with E-state index >= 15 is 0 Å². The first kappa shape index (κ1) is 19.0. The minimum atomic E-state index is -0.456. The molecule has 0 unspecified atom stereocenters. The van der Waals surface area contributed by atoms with Crippen molar-refractivity contribution >= 4 is 34.8 Å². The standard InChI is InChI=1S/C20H21ClN2O4/c1-12-15(21)5-4-6-16(12)22-20(25)13-9-19(24)23(11-13)17-8-7-14(26-2)10-18(17)27-3/h4-8,10,13H,9,11H2,1-3H3,(H,22,25)/t13-/m0/s1. The molecule has 0 spiro atoms. The summed E-state index contributed by atoms with van der Waals surface area (Å²) >= 11 is 6.10. The van der Waals surface area contributed by atoms with E-state index in [0.29, 0.717) is 27.9 Å². The Morgan fingerprint density at radius 1 is 1.22 bits per heavy atom. The van der Waals surface area contributed by atoms with Gasteiger partial charge in [0, 0.05) is 29.7 Å². The third kappa shape index (κ3) is 3.85. The number of ether oxygens (including phenoxy) is 2. The second kappa shape index (κ2) is 7.88. The molecule has 1 aliphatic heterocycles. The van der Waals surface area contributed by atoms with Gasteiger partial charge in [0.2, 0.25) is 11.8 Å². The molecule has 1 heterocycles. The summed E-state index contributed by atoms with van der Waals surface area (Å²) in [5.74, 6) is 0.371. The first-order chi connectivity index (χ1) is 12.9. The Balaban J connectivity index is 1.77. The lowest BCUT2D eigenvalue weighted by molar-refractivity contribution is -0.122. The number of amides is 2. The van der Waals surface area contributed by atoms with Gasteiger partial charge in [0.15, 0.2) is 0 Å². The van der Waals surface area contributed by atoms with E-state index in [1.54, 1.807) is 48.4 Å². The molecule has 2 aromatic rings. The van der Waals surface area contributed by atoms with Crippen LogP contribution in [0.1, 0.15) is 12.0 Å². The fourth-order valence-electron chi connectivity index (χ4n) is 3.10. The van der Waals surface area contributed by atoms with Gasteiger partial charge in [0.05, 0.1) is 25.8 Å². The van der Waals surface area contributed by atoms with Gasteiger partial charge in [-0.25, -0.2) is 0 Å². The molecule has 2 aromatic carbocycles. The number of anilines is 2. The van der Waals surface area contributed by atoms with Crippen molar-refractivity contribution in [3.8, 4) is 11.5 Å². The molecule has 142 valence electrons. The lowest BCUT2D eigenvalue weighted by Crippen LogP contribution is -2.28. The molecule has 0 saturated carbocycles. The number of hydrogen-bond donors (Lipinski definition) is 1. The Morgan fingerprint density at radius 3 is 2.70 bits per heavy atom. The SMILES string of the molecule is COc1ccc(N2C[C@@H](C(=O)Nc3cccc(Cl)c3C)CC2=O)c(OC)c1. The van der Waals surface area contributed by atoms with Gasteiger partial charge < -0.3 is 19.7 Å². The summed E-state index contributed by atoms with van der Waals surface area (Å²) in [4.78, 5) is 26.8. The van der Waals surface area contributed by atoms with Crippen molar-refractivity contribution in [1.82, 2.24) is 0 Å². The molecule has 3 rings (SSSR count). The topological polar surface area (TPSA) is 67.9 Å². The monoisotopic (exact) mass is 388 g/mol. The van der Waals surface area contributed by atoms with Crippen LogP contribution in [-0.4, -0.2) is 32.6 Å². The number of nitrogens with zero attached hydrogens (tertiary/aromatic N) is 1. The molecule has 0 bridgehead atoms. The van der Waals surface area contributed by atoms with E-state index in [4.69, 9.17) is 21.1 Å². The van der Waals surface area contributed by atoms with Crippen molar-refractivity contribution in [1.29, 1.82) is 0 Å². The van der Waals surface area contributed by atoms with Crippen molar-refractivity contribution in [2.45, 2.75) is 13.3 Å². The average molecular weight is 389 g/mol. The third-order valence-electron chi connectivity index (χ3n) is 4.70. The van der Waals surface area contributed by atoms with Crippen LogP contribution in [0.3, 0.4) is 0 Å². The van der Waals surface area contributed by atoms with Crippen molar-refractivity contribution in [2.24, 2.45) is 5.92 Å². The van der Waals surface area contributed by atoms with Gasteiger partial charge in [-0.2, -0.15) is 0 Å².